The third-order valence-electron chi connectivity index (χ3n) is 3.78. The molecule has 1 heterocycles. The topological polar surface area (TPSA) is 63.5 Å². The first-order chi connectivity index (χ1) is 9.04. The number of hydrogen-bond acceptors (Lipinski definition) is 3. The number of rotatable bonds is 1. The Kier molecular flexibility index (Phi) is 3.11. The number of benzene rings is 1. The first kappa shape index (κ1) is 14.5. The molecule has 20 heavy (non-hydrogen) atoms. The Morgan fingerprint density at radius 3 is 2.40 bits per heavy atom. The number of hydrogen-bond donors (Lipinski definition) is 0. The van der Waals surface area contributed by atoms with E-state index in [1.54, 1.807) is 11.0 Å². The summed E-state index contributed by atoms with van der Waals surface area (Å²) >= 11 is 0. The lowest BCUT2D eigenvalue weighted by molar-refractivity contribution is -0.384. The van der Waals surface area contributed by atoms with Crippen molar-refractivity contribution in [2.45, 2.75) is 45.6 Å². The van der Waals surface area contributed by atoms with Gasteiger partial charge in [0.1, 0.15) is 0 Å². The fourth-order valence-corrected chi connectivity index (χ4v) is 2.65. The fraction of sp³-hybridized carbons (Fsp3) is 0.533. The van der Waals surface area contributed by atoms with Crippen LogP contribution in [0.3, 0.4) is 0 Å². The third kappa shape index (κ3) is 2.28. The van der Waals surface area contributed by atoms with Crippen LogP contribution >= 0.6 is 0 Å². The van der Waals surface area contributed by atoms with Crippen molar-refractivity contribution in [3.63, 3.8) is 0 Å². The van der Waals surface area contributed by atoms with Crippen molar-refractivity contribution in [2.75, 3.05) is 6.54 Å². The van der Waals surface area contributed by atoms with E-state index in [-0.39, 0.29) is 22.5 Å². The average Bonchev–Trinajstić information content (AvgIpc) is 2.32. The van der Waals surface area contributed by atoms with Crippen LogP contribution < -0.4 is 0 Å². The first-order valence-electron chi connectivity index (χ1n) is 6.65. The minimum atomic E-state index is -0.462. The molecule has 0 aromatic heterocycles. The number of amides is 1. The molecule has 1 amide bonds. The highest BCUT2D eigenvalue weighted by molar-refractivity contribution is 5.98. The molecule has 0 fully saturated rings. The van der Waals surface area contributed by atoms with Crippen LogP contribution in [0.4, 0.5) is 5.69 Å². The normalized spacial score (nSPS) is 17.9. The number of nitro groups is 1. The van der Waals surface area contributed by atoms with Crippen molar-refractivity contribution in [1.82, 2.24) is 4.90 Å². The van der Waals surface area contributed by atoms with E-state index in [2.05, 4.69) is 13.8 Å². The predicted octanol–water partition coefficient (Wildman–Crippen LogP) is 3.13. The second-order valence-electron chi connectivity index (χ2n) is 6.93. The van der Waals surface area contributed by atoms with Gasteiger partial charge in [-0.2, -0.15) is 0 Å². The van der Waals surface area contributed by atoms with Gasteiger partial charge in [0.05, 0.1) is 10.5 Å². The minimum Gasteiger partial charge on any atom is -0.333 e. The monoisotopic (exact) mass is 276 g/mol. The Balaban J connectivity index is 2.62. The van der Waals surface area contributed by atoms with Gasteiger partial charge in [0, 0.05) is 29.6 Å². The number of non-ortho nitro benzene ring substituents is 1. The van der Waals surface area contributed by atoms with Gasteiger partial charge in [-0.1, -0.05) is 19.9 Å². The summed E-state index contributed by atoms with van der Waals surface area (Å²) in [4.78, 5) is 24.9. The lowest BCUT2D eigenvalue weighted by atomic mass is 9.76. The molecule has 0 N–H and O–H groups in total. The Bertz CT molecular complexity index is 585. The summed E-state index contributed by atoms with van der Waals surface area (Å²) in [5.74, 6) is -0.129. The first-order valence-corrected chi connectivity index (χ1v) is 6.65. The quantitative estimate of drug-likeness (QED) is 0.584. The highest BCUT2D eigenvalue weighted by Crippen LogP contribution is 2.37. The van der Waals surface area contributed by atoms with E-state index in [1.165, 1.54) is 12.1 Å². The Morgan fingerprint density at radius 1 is 1.30 bits per heavy atom. The lowest BCUT2D eigenvalue weighted by Gasteiger charge is -2.45. The molecule has 1 aromatic carbocycles. The van der Waals surface area contributed by atoms with Crippen LogP contribution in [-0.4, -0.2) is 27.8 Å². The standard InChI is InChI=1S/C15H20N2O3/c1-14(2,3)16-9-15(4,5)12-7-6-10(17(19)20)8-11(12)13(16)18/h6-8H,9H2,1-5H3. The summed E-state index contributed by atoms with van der Waals surface area (Å²) in [6, 6.07) is 4.59. The van der Waals surface area contributed by atoms with Gasteiger partial charge in [-0.3, -0.25) is 14.9 Å². The van der Waals surface area contributed by atoms with Crippen molar-refractivity contribution in [2.24, 2.45) is 0 Å². The van der Waals surface area contributed by atoms with Crippen LogP contribution in [0.25, 0.3) is 0 Å². The smallest absolute Gasteiger partial charge is 0.270 e. The summed E-state index contributed by atoms with van der Waals surface area (Å²) in [6.07, 6.45) is 0. The van der Waals surface area contributed by atoms with E-state index in [0.717, 1.165) is 5.56 Å². The van der Waals surface area contributed by atoms with Gasteiger partial charge in [0.15, 0.2) is 0 Å². The van der Waals surface area contributed by atoms with Crippen LogP contribution in [0.15, 0.2) is 18.2 Å². The molecule has 1 aliphatic heterocycles. The number of fused-ring (bicyclic) bond motifs is 1. The zero-order valence-electron chi connectivity index (χ0n) is 12.6. The van der Waals surface area contributed by atoms with Crippen molar-refractivity contribution >= 4 is 11.6 Å². The molecule has 0 saturated heterocycles. The van der Waals surface area contributed by atoms with Gasteiger partial charge in [-0.25, -0.2) is 0 Å². The molecule has 2 rings (SSSR count). The second-order valence-corrected chi connectivity index (χ2v) is 6.93. The molecule has 0 atom stereocenters. The van der Waals surface area contributed by atoms with Crippen LogP contribution in [0.1, 0.15) is 50.5 Å². The zero-order valence-corrected chi connectivity index (χ0v) is 12.6. The number of nitrogens with zero attached hydrogens (tertiary/aromatic N) is 2. The van der Waals surface area contributed by atoms with Crippen molar-refractivity contribution in [1.29, 1.82) is 0 Å². The number of carbonyl (C=O) groups is 1. The van der Waals surface area contributed by atoms with Crippen LogP contribution in [0, 0.1) is 10.1 Å². The second kappa shape index (κ2) is 4.30. The van der Waals surface area contributed by atoms with Gasteiger partial charge >= 0.3 is 0 Å². The number of carbonyl (C=O) groups excluding carboxylic acids is 1. The molecule has 108 valence electrons. The maximum absolute atomic E-state index is 12.6. The van der Waals surface area contributed by atoms with Crippen molar-refractivity contribution in [3.05, 3.63) is 39.4 Å². The van der Waals surface area contributed by atoms with E-state index in [4.69, 9.17) is 0 Å². The average molecular weight is 276 g/mol. The van der Waals surface area contributed by atoms with E-state index >= 15 is 0 Å². The van der Waals surface area contributed by atoms with Crippen LogP contribution in [-0.2, 0) is 5.41 Å². The van der Waals surface area contributed by atoms with Gasteiger partial charge in [0.25, 0.3) is 11.6 Å². The summed E-state index contributed by atoms with van der Waals surface area (Å²) in [6.45, 7) is 10.7. The summed E-state index contributed by atoms with van der Waals surface area (Å²) in [5, 5.41) is 10.9. The summed E-state index contributed by atoms with van der Waals surface area (Å²) < 4.78 is 0. The highest BCUT2D eigenvalue weighted by Gasteiger charge is 2.41. The third-order valence-corrected chi connectivity index (χ3v) is 3.78. The molecule has 5 heteroatoms. The van der Waals surface area contributed by atoms with E-state index in [9.17, 15) is 14.9 Å². The molecule has 1 aromatic rings. The number of nitro benzene ring substituents is 1. The maximum atomic E-state index is 12.6. The molecule has 5 nitrogen and oxygen atoms in total. The minimum absolute atomic E-state index is 0.0383. The zero-order chi connectivity index (χ0) is 15.3. The molecule has 0 bridgehead atoms. The predicted molar refractivity (Wildman–Crippen MR) is 76.9 cm³/mol. The summed E-state index contributed by atoms with van der Waals surface area (Å²) in [7, 11) is 0. The Labute approximate surface area is 118 Å². The lowest BCUT2D eigenvalue weighted by Crippen LogP contribution is -2.54. The Morgan fingerprint density at radius 2 is 1.90 bits per heavy atom. The van der Waals surface area contributed by atoms with Gasteiger partial charge < -0.3 is 4.90 Å². The highest BCUT2D eigenvalue weighted by atomic mass is 16.6. The van der Waals surface area contributed by atoms with Gasteiger partial charge in [0.2, 0.25) is 0 Å². The van der Waals surface area contributed by atoms with E-state index in [0.29, 0.717) is 12.1 Å². The van der Waals surface area contributed by atoms with E-state index < -0.39 is 4.92 Å². The molecule has 0 unspecified atom stereocenters. The maximum Gasteiger partial charge on any atom is 0.270 e. The molecular weight excluding hydrogens is 256 g/mol. The fourth-order valence-electron chi connectivity index (χ4n) is 2.65. The molecule has 0 spiro atoms. The van der Waals surface area contributed by atoms with Gasteiger partial charge in [-0.15, -0.1) is 0 Å². The van der Waals surface area contributed by atoms with Crippen LogP contribution in [0.2, 0.25) is 0 Å². The van der Waals surface area contributed by atoms with Crippen molar-refractivity contribution in [3.8, 4) is 0 Å². The molecule has 0 aliphatic carbocycles. The Hall–Kier alpha value is -1.91. The van der Waals surface area contributed by atoms with Gasteiger partial charge in [-0.05, 0) is 26.3 Å². The molecular formula is C15H20N2O3. The van der Waals surface area contributed by atoms with E-state index in [1.807, 2.05) is 20.8 Å². The van der Waals surface area contributed by atoms with Crippen molar-refractivity contribution < 1.29 is 9.72 Å². The largest absolute Gasteiger partial charge is 0.333 e. The van der Waals surface area contributed by atoms with Crippen LogP contribution in [0.5, 0.6) is 0 Å². The SMILES string of the molecule is CC1(C)CN(C(C)(C)C)C(=O)c2cc([N+](=O)[O-])ccc21. The molecule has 1 aliphatic rings. The molecule has 0 saturated carbocycles. The molecule has 0 radical (unpaired) electrons. The summed E-state index contributed by atoms with van der Waals surface area (Å²) in [5.41, 5.74) is 0.769.